The fraction of sp³-hybridized carbons (Fsp3) is 1.00. The molecule has 1 radical (unpaired) electrons. The predicted octanol–water partition coefficient (Wildman–Crippen LogP) is 3.34. The van der Waals surface area contributed by atoms with Crippen LogP contribution >= 0.6 is 4.50 Å². The van der Waals surface area contributed by atoms with Gasteiger partial charge in [-0.05, 0) is 0 Å². The monoisotopic (exact) mass is 391 g/mol. The molecule has 0 saturated heterocycles. The third kappa shape index (κ3) is 13.6. The third-order valence-electron chi connectivity index (χ3n) is 2.70. The van der Waals surface area contributed by atoms with Crippen LogP contribution < -0.4 is 10.2 Å². The summed E-state index contributed by atoms with van der Waals surface area (Å²) in [5, 5.41) is 7.20. The van der Waals surface area contributed by atoms with Gasteiger partial charge < -0.3 is 0 Å². The van der Waals surface area contributed by atoms with E-state index in [1.165, 1.54) is 51.4 Å². The van der Waals surface area contributed by atoms with Crippen molar-refractivity contribution >= 4 is 35.2 Å². The summed E-state index contributed by atoms with van der Waals surface area (Å²) < 4.78 is -1.29. The van der Waals surface area contributed by atoms with E-state index >= 15 is 0 Å². The van der Waals surface area contributed by atoms with Crippen LogP contribution in [-0.2, 0) is 0 Å². The van der Waals surface area contributed by atoms with Gasteiger partial charge >= 0.3 is 124 Å². The van der Waals surface area contributed by atoms with Gasteiger partial charge in [-0.1, -0.05) is 0 Å². The van der Waals surface area contributed by atoms with Crippen molar-refractivity contribution < 1.29 is 0 Å². The molecule has 0 aliphatic rings. The van der Waals surface area contributed by atoms with E-state index in [9.17, 15) is 0 Å². The van der Waals surface area contributed by atoms with Crippen LogP contribution in [0.2, 0.25) is 0 Å². The molecule has 5 heteroatoms. The molecule has 0 aliphatic carbocycles. The number of hydrogen-bond acceptors (Lipinski definition) is 2. The molecule has 0 rings (SSSR count). The van der Waals surface area contributed by atoms with Crippen LogP contribution in [0, 0.1) is 0 Å². The molecule has 2 nitrogen and oxygen atoms in total. The van der Waals surface area contributed by atoms with Crippen LogP contribution in [0.5, 0.6) is 0 Å². The van der Waals surface area contributed by atoms with E-state index in [0.29, 0.717) is 0 Å². The van der Waals surface area contributed by atoms with Crippen LogP contribution in [-0.4, -0.2) is 43.8 Å². The first-order valence-electron chi connectivity index (χ1n) is 6.93. The quantitative estimate of drug-likeness (QED) is 0.304. The van der Waals surface area contributed by atoms with Gasteiger partial charge in [-0.3, -0.25) is 0 Å². The molecule has 0 amide bonds. The van der Waals surface area contributed by atoms with Gasteiger partial charge in [0.25, 0.3) is 0 Å². The normalized spacial score (nSPS) is 11.9. The van der Waals surface area contributed by atoms with Gasteiger partial charge in [0.1, 0.15) is 0 Å². The molecule has 0 heterocycles. The number of rotatable bonds is 12. The fourth-order valence-electron chi connectivity index (χ4n) is 1.61. The van der Waals surface area contributed by atoms with Crippen LogP contribution in [0.25, 0.3) is 0 Å². The van der Waals surface area contributed by atoms with Gasteiger partial charge in [0.15, 0.2) is 0 Å². The average molecular weight is 389 g/mol. The minimum atomic E-state index is -1.29. The summed E-state index contributed by atoms with van der Waals surface area (Å²) in [6.07, 6.45) is 10.6. The fourth-order valence-corrected chi connectivity index (χ4v) is 4.93. The summed E-state index contributed by atoms with van der Waals surface area (Å²) in [5.41, 5.74) is 0. The molecule has 103 valence electrons. The Morgan fingerprint density at radius 3 is 1.53 bits per heavy atom. The molecular weight excluding hydrogens is 361 g/mol. The van der Waals surface area contributed by atoms with Crippen molar-refractivity contribution in [3.05, 3.63) is 0 Å². The molecule has 17 heavy (non-hydrogen) atoms. The van der Waals surface area contributed by atoms with Gasteiger partial charge in [-0.2, -0.15) is 0 Å². The summed E-state index contributed by atoms with van der Waals surface area (Å²) in [5.74, 6) is 0. The SMILES string of the molecule is CCCCCCNP([Se])(=[Se])NCCCCCC. The Balaban J connectivity index is 3.42. The van der Waals surface area contributed by atoms with Crippen LogP contribution in [0.15, 0.2) is 0 Å². The van der Waals surface area contributed by atoms with Crippen molar-refractivity contribution in [2.24, 2.45) is 0 Å². The first-order valence-corrected chi connectivity index (χ1v) is 13.2. The van der Waals surface area contributed by atoms with Gasteiger partial charge in [0.05, 0.1) is 0 Å². The van der Waals surface area contributed by atoms with Crippen LogP contribution in [0.1, 0.15) is 65.2 Å². The van der Waals surface area contributed by atoms with E-state index in [-0.39, 0.29) is 0 Å². The van der Waals surface area contributed by atoms with E-state index < -0.39 is 4.50 Å². The maximum atomic E-state index is 3.60. The standard InChI is InChI=1S/C12H28N2PSe2/c1-3-5-7-9-11-13-15(16,17)14-12-10-8-6-4-2/h3-12H2,1-2H3,(H2,13,14,16). The second kappa shape index (κ2) is 12.4. The Labute approximate surface area is 123 Å². The Morgan fingerprint density at radius 1 is 0.765 bits per heavy atom. The molecule has 0 atom stereocenters. The van der Waals surface area contributed by atoms with Crippen molar-refractivity contribution in [2.45, 2.75) is 65.2 Å². The molecule has 0 unspecified atom stereocenters. The summed E-state index contributed by atoms with van der Waals surface area (Å²) in [7, 11) is 0. The Kier molecular flexibility index (Phi) is 13.4. The first-order chi connectivity index (χ1) is 8.12. The molecule has 0 spiro atoms. The van der Waals surface area contributed by atoms with E-state index in [1.54, 1.807) is 0 Å². The van der Waals surface area contributed by atoms with Gasteiger partial charge in [-0.25, -0.2) is 0 Å². The zero-order chi connectivity index (χ0) is 13.0. The molecule has 0 aromatic carbocycles. The molecule has 0 aliphatic heterocycles. The number of unbranched alkanes of at least 4 members (excludes halogenated alkanes) is 6. The van der Waals surface area contributed by atoms with Crippen molar-refractivity contribution in [3.63, 3.8) is 0 Å². The van der Waals surface area contributed by atoms with Crippen molar-refractivity contribution in [1.82, 2.24) is 10.2 Å². The Hall–Kier alpha value is 1.39. The third-order valence-corrected chi connectivity index (χ3v) is 7.23. The molecule has 0 saturated carbocycles. The summed E-state index contributed by atoms with van der Waals surface area (Å²) >= 11 is 6.54. The second-order valence-corrected chi connectivity index (χ2v) is 16.6. The molecule has 0 aromatic heterocycles. The van der Waals surface area contributed by atoms with E-state index in [2.05, 4.69) is 54.7 Å². The van der Waals surface area contributed by atoms with Crippen molar-refractivity contribution in [1.29, 1.82) is 0 Å². The van der Waals surface area contributed by atoms with Crippen LogP contribution in [0.4, 0.5) is 0 Å². The van der Waals surface area contributed by atoms with E-state index in [4.69, 9.17) is 0 Å². The molecule has 0 fully saturated rings. The molecule has 2 N–H and O–H groups in total. The van der Waals surface area contributed by atoms with Crippen molar-refractivity contribution in [3.8, 4) is 0 Å². The summed E-state index contributed by atoms with van der Waals surface area (Å²) in [6, 6.07) is 0. The van der Waals surface area contributed by atoms with Crippen molar-refractivity contribution in [2.75, 3.05) is 13.1 Å². The number of hydrogen-bond donors (Lipinski definition) is 2. The Bertz CT molecular complexity index is 195. The van der Waals surface area contributed by atoms with E-state index in [0.717, 1.165) is 13.1 Å². The maximum absolute atomic E-state index is 3.60. The summed E-state index contributed by atoms with van der Waals surface area (Å²) in [4.78, 5) is 0. The van der Waals surface area contributed by atoms with Gasteiger partial charge in [0.2, 0.25) is 0 Å². The zero-order valence-corrected chi connectivity index (χ0v) is 15.7. The number of nitrogens with one attached hydrogen (secondary N) is 2. The predicted molar refractivity (Wildman–Crippen MR) is 82.7 cm³/mol. The average Bonchev–Trinajstić information content (AvgIpc) is 2.28. The second-order valence-electron chi connectivity index (χ2n) is 4.49. The van der Waals surface area contributed by atoms with Gasteiger partial charge in [0, 0.05) is 0 Å². The minimum absolute atomic E-state index is 1.12. The topological polar surface area (TPSA) is 24.1 Å². The molecule has 0 aromatic rings. The van der Waals surface area contributed by atoms with Crippen LogP contribution in [0.3, 0.4) is 0 Å². The molecule has 0 bridgehead atoms. The Morgan fingerprint density at radius 2 is 1.18 bits per heavy atom. The molecular formula is C12H28N2PSe2. The van der Waals surface area contributed by atoms with E-state index in [1.807, 2.05) is 0 Å². The first kappa shape index (κ1) is 18.4. The zero-order valence-electron chi connectivity index (χ0n) is 11.3. The summed E-state index contributed by atoms with van der Waals surface area (Å²) in [6.45, 7) is 6.75. The van der Waals surface area contributed by atoms with Gasteiger partial charge in [-0.15, -0.1) is 0 Å².